The highest BCUT2D eigenvalue weighted by molar-refractivity contribution is 7.99. The van der Waals surface area contributed by atoms with Gasteiger partial charge < -0.3 is 14.8 Å². The number of amides is 1. The van der Waals surface area contributed by atoms with Gasteiger partial charge in [0.15, 0.2) is 11.0 Å². The summed E-state index contributed by atoms with van der Waals surface area (Å²) in [5.74, 6) is 2.26. The number of pyridine rings is 1. The van der Waals surface area contributed by atoms with Crippen LogP contribution in [0.2, 0.25) is 0 Å². The molecule has 8 nitrogen and oxygen atoms in total. The number of benzene rings is 2. The van der Waals surface area contributed by atoms with Crippen molar-refractivity contribution in [2.75, 3.05) is 26.0 Å². The maximum atomic E-state index is 12.4. The van der Waals surface area contributed by atoms with Crippen molar-refractivity contribution in [3.8, 4) is 28.6 Å². The predicted octanol–water partition coefficient (Wildman–Crippen LogP) is 3.63. The van der Waals surface area contributed by atoms with E-state index in [0.29, 0.717) is 24.1 Å². The Morgan fingerprint density at radius 1 is 1.00 bits per heavy atom. The topological polar surface area (TPSA) is 91.2 Å². The fourth-order valence-electron chi connectivity index (χ4n) is 3.07. The molecule has 2 aromatic heterocycles. The van der Waals surface area contributed by atoms with Crippen LogP contribution < -0.4 is 14.8 Å². The average molecular weight is 462 g/mol. The van der Waals surface area contributed by atoms with Gasteiger partial charge in [-0.3, -0.25) is 14.3 Å². The third-order valence-corrected chi connectivity index (χ3v) is 5.58. The molecule has 0 bridgehead atoms. The van der Waals surface area contributed by atoms with Gasteiger partial charge in [0.2, 0.25) is 5.91 Å². The van der Waals surface area contributed by atoms with Crippen molar-refractivity contribution in [2.24, 2.45) is 0 Å². The minimum Gasteiger partial charge on any atom is -0.497 e. The first-order valence-electron chi connectivity index (χ1n) is 10.3. The molecule has 0 unspecified atom stereocenters. The van der Waals surface area contributed by atoms with Crippen LogP contribution in [-0.2, 0) is 4.79 Å². The Kier molecular flexibility index (Phi) is 7.55. The third-order valence-electron chi connectivity index (χ3n) is 4.65. The zero-order valence-electron chi connectivity index (χ0n) is 18.0. The summed E-state index contributed by atoms with van der Waals surface area (Å²) in [5.41, 5.74) is 1.76. The van der Waals surface area contributed by atoms with E-state index in [-0.39, 0.29) is 11.7 Å². The van der Waals surface area contributed by atoms with Crippen LogP contribution in [0.4, 0.5) is 0 Å². The normalized spacial score (nSPS) is 10.6. The molecule has 1 amide bonds. The van der Waals surface area contributed by atoms with Crippen molar-refractivity contribution >= 4 is 17.7 Å². The molecular weight excluding hydrogens is 438 g/mol. The van der Waals surface area contributed by atoms with Gasteiger partial charge in [-0.2, -0.15) is 0 Å². The van der Waals surface area contributed by atoms with E-state index in [4.69, 9.17) is 9.47 Å². The molecule has 4 aromatic rings. The van der Waals surface area contributed by atoms with Gasteiger partial charge in [-0.05, 0) is 48.5 Å². The molecule has 1 N–H and O–H groups in total. The number of ether oxygens (including phenoxy) is 2. The summed E-state index contributed by atoms with van der Waals surface area (Å²) in [6.45, 7) is 0.770. The van der Waals surface area contributed by atoms with Crippen molar-refractivity contribution in [3.63, 3.8) is 0 Å². The van der Waals surface area contributed by atoms with E-state index in [0.717, 1.165) is 22.7 Å². The molecule has 0 aliphatic heterocycles. The summed E-state index contributed by atoms with van der Waals surface area (Å²) in [4.78, 5) is 16.5. The number of carbonyl (C=O) groups is 1. The molecule has 33 heavy (non-hydrogen) atoms. The lowest BCUT2D eigenvalue weighted by Crippen LogP contribution is -2.29. The van der Waals surface area contributed by atoms with Crippen molar-refractivity contribution < 1.29 is 14.3 Å². The second-order valence-electron chi connectivity index (χ2n) is 6.88. The minimum absolute atomic E-state index is 0.108. The van der Waals surface area contributed by atoms with Gasteiger partial charge in [-0.25, -0.2) is 0 Å². The molecule has 0 saturated carbocycles. The molecule has 2 aromatic carbocycles. The van der Waals surface area contributed by atoms with Gasteiger partial charge in [-0.15, -0.1) is 10.2 Å². The molecule has 4 rings (SSSR count). The van der Waals surface area contributed by atoms with Crippen LogP contribution in [-0.4, -0.2) is 51.7 Å². The van der Waals surface area contributed by atoms with Gasteiger partial charge in [0.05, 0.1) is 19.4 Å². The molecule has 0 saturated heterocycles. The Labute approximate surface area is 196 Å². The Morgan fingerprint density at radius 2 is 1.79 bits per heavy atom. The molecule has 0 aliphatic carbocycles. The van der Waals surface area contributed by atoms with Crippen LogP contribution in [0.1, 0.15) is 0 Å². The van der Waals surface area contributed by atoms with E-state index in [1.54, 1.807) is 19.5 Å². The number of hydrogen-bond acceptors (Lipinski definition) is 7. The standard InChI is InChI=1S/C24H23N5O3S/c1-31-20-9-11-21(12-10-20)32-15-14-26-22(30)17-33-24-28-27-23(18-6-5-13-25-16-18)29(24)19-7-3-2-4-8-19/h2-13,16H,14-15,17H2,1H3,(H,26,30). The second kappa shape index (κ2) is 11.1. The van der Waals surface area contributed by atoms with Crippen LogP contribution in [0.5, 0.6) is 11.5 Å². The molecule has 9 heteroatoms. The van der Waals surface area contributed by atoms with Gasteiger partial charge in [-0.1, -0.05) is 30.0 Å². The van der Waals surface area contributed by atoms with Crippen molar-refractivity contribution in [3.05, 3.63) is 79.1 Å². The summed E-state index contributed by atoms with van der Waals surface area (Å²) in [5, 5.41) is 12.2. The van der Waals surface area contributed by atoms with Crippen LogP contribution >= 0.6 is 11.8 Å². The molecule has 0 atom stereocenters. The van der Waals surface area contributed by atoms with E-state index in [2.05, 4.69) is 20.5 Å². The quantitative estimate of drug-likeness (QED) is 0.285. The van der Waals surface area contributed by atoms with Crippen LogP contribution in [0, 0.1) is 0 Å². The van der Waals surface area contributed by atoms with E-state index >= 15 is 0 Å². The van der Waals surface area contributed by atoms with E-state index in [9.17, 15) is 4.79 Å². The van der Waals surface area contributed by atoms with Crippen LogP contribution in [0.25, 0.3) is 17.1 Å². The summed E-state index contributed by atoms with van der Waals surface area (Å²) in [7, 11) is 1.62. The number of hydrogen-bond donors (Lipinski definition) is 1. The zero-order valence-corrected chi connectivity index (χ0v) is 18.9. The van der Waals surface area contributed by atoms with E-state index < -0.39 is 0 Å². The first kappa shape index (κ1) is 22.3. The lowest BCUT2D eigenvalue weighted by atomic mass is 10.2. The highest BCUT2D eigenvalue weighted by atomic mass is 32.2. The Hall–Kier alpha value is -3.85. The maximum Gasteiger partial charge on any atom is 0.230 e. The van der Waals surface area contributed by atoms with E-state index in [1.807, 2.05) is 71.3 Å². The molecule has 0 fully saturated rings. The minimum atomic E-state index is -0.108. The number of nitrogens with zero attached hydrogens (tertiary/aromatic N) is 4. The number of rotatable bonds is 10. The fourth-order valence-corrected chi connectivity index (χ4v) is 3.85. The summed E-state index contributed by atoms with van der Waals surface area (Å²) < 4.78 is 12.7. The summed E-state index contributed by atoms with van der Waals surface area (Å²) >= 11 is 1.33. The number of thioether (sulfide) groups is 1. The highest BCUT2D eigenvalue weighted by Crippen LogP contribution is 2.27. The Balaban J connectivity index is 1.35. The first-order chi connectivity index (χ1) is 16.2. The Morgan fingerprint density at radius 3 is 2.52 bits per heavy atom. The maximum absolute atomic E-state index is 12.4. The van der Waals surface area contributed by atoms with Gasteiger partial charge in [0.25, 0.3) is 0 Å². The SMILES string of the molecule is COc1ccc(OCCNC(=O)CSc2nnc(-c3cccnc3)n2-c2ccccc2)cc1. The lowest BCUT2D eigenvalue weighted by Gasteiger charge is -2.10. The molecule has 0 radical (unpaired) electrons. The summed E-state index contributed by atoms with van der Waals surface area (Å²) in [6, 6.07) is 20.9. The molecule has 0 aliphatic rings. The third kappa shape index (κ3) is 5.89. The average Bonchev–Trinajstić information content (AvgIpc) is 3.31. The monoisotopic (exact) mass is 461 g/mol. The largest absolute Gasteiger partial charge is 0.497 e. The van der Waals surface area contributed by atoms with Gasteiger partial charge in [0, 0.05) is 23.6 Å². The smallest absolute Gasteiger partial charge is 0.230 e. The number of nitrogens with one attached hydrogen (secondary N) is 1. The number of aromatic nitrogens is 4. The molecule has 2 heterocycles. The number of para-hydroxylation sites is 1. The zero-order chi connectivity index (χ0) is 22.9. The molecular formula is C24H23N5O3S. The van der Waals surface area contributed by atoms with E-state index in [1.165, 1.54) is 11.8 Å². The van der Waals surface area contributed by atoms with Gasteiger partial charge >= 0.3 is 0 Å². The van der Waals surface area contributed by atoms with Crippen LogP contribution in [0.3, 0.4) is 0 Å². The summed E-state index contributed by atoms with van der Waals surface area (Å²) in [6.07, 6.45) is 3.46. The van der Waals surface area contributed by atoms with Crippen molar-refractivity contribution in [2.45, 2.75) is 5.16 Å². The highest BCUT2D eigenvalue weighted by Gasteiger charge is 2.17. The van der Waals surface area contributed by atoms with Crippen molar-refractivity contribution in [1.29, 1.82) is 0 Å². The van der Waals surface area contributed by atoms with Gasteiger partial charge in [0.1, 0.15) is 18.1 Å². The number of methoxy groups -OCH3 is 1. The van der Waals surface area contributed by atoms with Crippen molar-refractivity contribution in [1.82, 2.24) is 25.1 Å². The first-order valence-corrected chi connectivity index (χ1v) is 11.3. The predicted molar refractivity (Wildman–Crippen MR) is 127 cm³/mol. The fraction of sp³-hybridized carbons (Fsp3) is 0.167. The Bertz CT molecular complexity index is 1170. The van der Waals surface area contributed by atoms with Crippen LogP contribution in [0.15, 0.2) is 84.3 Å². The second-order valence-corrected chi connectivity index (χ2v) is 7.82. The molecule has 168 valence electrons. The lowest BCUT2D eigenvalue weighted by molar-refractivity contribution is -0.118. The number of carbonyl (C=O) groups excluding carboxylic acids is 1. The molecule has 0 spiro atoms.